The van der Waals surface area contributed by atoms with Gasteiger partial charge in [-0.15, -0.1) is 0 Å². The van der Waals surface area contributed by atoms with E-state index in [-0.39, 0.29) is 12.5 Å². The molecule has 0 radical (unpaired) electrons. The molecule has 0 N–H and O–H groups in total. The molecule has 2 aromatic rings. The van der Waals surface area contributed by atoms with Crippen LogP contribution in [0.2, 0.25) is 0 Å². The molecule has 1 atom stereocenters. The highest BCUT2D eigenvalue weighted by atomic mass is 19.1. The molecule has 0 unspecified atom stereocenters. The molecule has 0 bridgehead atoms. The zero-order chi connectivity index (χ0) is 21.5. The van der Waals surface area contributed by atoms with Gasteiger partial charge < -0.3 is 24.0 Å². The van der Waals surface area contributed by atoms with Crippen LogP contribution in [0.25, 0.3) is 0 Å². The lowest BCUT2D eigenvalue weighted by atomic mass is 10.2. The van der Waals surface area contributed by atoms with E-state index in [0.29, 0.717) is 31.9 Å². The first kappa shape index (κ1) is 21.4. The number of ether oxygens (including phenoxy) is 3. The molecule has 1 amide bonds. The van der Waals surface area contributed by atoms with Gasteiger partial charge in [0.2, 0.25) is 0 Å². The Labute approximate surface area is 174 Å². The number of hydrogen-bond donors (Lipinski definition) is 0. The molecule has 1 aliphatic heterocycles. The van der Waals surface area contributed by atoms with Gasteiger partial charge in [0.25, 0.3) is 5.91 Å². The molecule has 3 rings (SSSR count). The number of hydrogen-bond acceptors (Lipinski definition) is 6. The van der Waals surface area contributed by atoms with Gasteiger partial charge in [-0.25, -0.2) is 9.18 Å². The maximum absolute atomic E-state index is 12.9. The number of benzene rings is 2. The number of amides is 1. The van der Waals surface area contributed by atoms with Gasteiger partial charge in [-0.05, 0) is 55.5 Å². The summed E-state index contributed by atoms with van der Waals surface area (Å²) < 4.78 is 28.6. The van der Waals surface area contributed by atoms with Crippen LogP contribution in [0.3, 0.4) is 0 Å². The van der Waals surface area contributed by atoms with Crippen LogP contribution in [0.1, 0.15) is 6.92 Å². The number of esters is 1. The van der Waals surface area contributed by atoms with Gasteiger partial charge in [0, 0.05) is 31.9 Å². The first-order chi connectivity index (χ1) is 14.5. The van der Waals surface area contributed by atoms with Crippen LogP contribution in [0.15, 0.2) is 48.5 Å². The molecule has 2 aromatic carbocycles. The Kier molecular flexibility index (Phi) is 7.11. The summed E-state index contributed by atoms with van der Waals surface area (Å²) in [7, 11) is 1.63. The summed E-state index contributed by atoms with van der Waals surface area (Å²) in [6, 6.07) is 13.1. The summed E-state index contributed by atoms with van der Waals surface area (Å²) >= 11 is 0. The Bertz CT molecular complexity index is 849. The Hall–Kier alpha value is -3.29. The van der Waals surface area contributed by atoms with Crippen molar-refractivity contribution in [3.05, 3.63) is 54.3 Å². The fourth-order valence-electron chi connectivity index (χ4n) is 3.11. The lowest BCUT2D eigenvalue weighted by molar-refractivity contribution is -0.157. The molecular weight excluding hydrogens is 391 g/mol. The van der Waals surface area contributed by atoms with Gasteiger partial charge in [0.05, 0.1) is 7.11 Å². The number of rotatable bonds is 7. The van der Waals surface area contributed by atoms with Crippen molar-refractivity contribution in [3.8, 4) is 11.5 Å². The quantitative estimate of drug-likeness (QED) is 0.646. The molecule has 1 aliphatic rings. The third-order valence-electron chi connectivity index (χ3n) is 4.87. The van der Waals surface area contributed by atoms with Crippen molar-refractivity contribution in [3.63, 3.8) is 0 Å². The summed E-state index contributed by atoms with van der Waals surface area (Å²) in [4.78, 5) is 28.3. The Balaban J connectivity index is 1.41. The zero-order valence-electron chi connectivity index (χ0n) is 17.0. The topological polar surface area (TPSA) is 68.3 Å². The Morgan fingerprint density at radius 2 is 1.57 bits per heavy atom. The molecule has 0 saturated carbocycles. The monoisotopic (exact) mass is 416 g/mol. The van der Waals surface area contributed by atoms with Crippen molar-refractivity contribution < 1.29 is 28.2 Å². The lowest BCUT2D eigenvalue weighted by Gasteiger charge is -2.36. The zero-order valence-corrected chi connectivity index (χ0v) is 17.0. The predicted molar refractivity (Wildman–Crippen MR) is 109 cm³/mol. The summed E-state index contributed by atoms with van der Waals surface area (Å²) in [5, 5.41) is 0. The van der Waals surface area contributed by atoms with Crippen molar-refractivity contribution in [2.45, 2.75) is 13.0 Å². The molecule has 0 aromatic heterocycles. The molecule has 160 valence electrons. The van der Waals surface area contributed by atoms with E-state index in [0.717, 1.165) is 11.4 Å². The molecular formula is C22H25FN2O5. The van der Waals surface area contributed by atoms with Gasteiger partial charge in [0.15, 0.2) is 12.7 Å². The third-order valence-corrected chi connectivity index (χ3v) is 4.87. The first-order valence-corrected chi connectivity index (χ1v) is 9.72. The predicted octanol–water partition coefficient (Wildman–Crippen LogP) is 2.49. The van der Waals surface area contributed by atoms with Crippen LogP contribution in [-0.4, -0.2) is 62.8 Å². The van der Waals surface area contributed by atoms with E-state index < -0.39 is 17.9 Å². The summed E-state index contributed by atoms with van der Waals surface area (Å²) in [6.07, 6.45) is -0.907. The summed E-state index contributed by atoms with van der Waals surface area (Å²) in [5.41, 5.74) is 1.07. The van der Waals surface area contributed by atoms with Crippen molar-refractivity contribution in [1.29, 1.82) is 0 Å². The van der Waals surface area contributed by atoms with Crippen LogP contribution >= 0.6 is 0 Å². The highest BCUT2D eigenvalue weighted by Gasteiger charge is 2.24. The number of nitrogens with zero attached hydrogens (tertiary/aromatic N) is 2. The fraction of sp³-hybridized carbons (Fsp3) is 0.364. The van der Waals surface area contributed by atoms with Crippen LogP contribution in [0, 0.1) is 5.82 Å². The third kappa shape index (κ3) is 5.62. The fourth-order valence-corrected chi connectivity index (χ4v) is 3.11. The lowest BCUT2D eigenvalue weighted by Crippen LogP contribution is -2.50. The maximum Gasteiger partial charge on any atom is 0.347 e. The molecule has 1 heterocycles. The standard InChI is InChI=1S/C22H25FN2O5/c1-16(30-20-7-3-17(23)4-8-20)22(27)29-15-21(26)25-13-11-24(12-14-25)18-5-9-19(28-2)10-6-18/h3-10,16H,11-15H2,1-2H3/t16-/m1/s1. The molecule has 0 spiro atoms. The van der Waals surface area contributed by atoms with Crippen molar-refractivity contribution >= 4 is 17.6 Å². The molecule has 8 heteroatoms. The average molecular weight is 416 g/mol. The summed E-state index contributed by atoms with van der Waals surface area (Å²) in [6.45, 7) is 3.66. The van der Waals surface area contributed by atoms with E-state index in [1.54, 1.807) is 12.0 Å². The van der Waals surface area contributed by atoms with Gasteiger partial charge in [-0.1, -0.05) is 0 Å². The van der Waals surface area contributed by atoms with Crippen molar-refractivity contribution in [1.82, 2.24) is 4.90 Å². The molecule has 30 heavy (non-hydrogen) atoms. The summed E-state index contributed by atoms with van der Waals surface area (Å²) in [5.74, 6) is -0.139. The van der Waals surface area contributed by atoms with Gasteiger partial charge in [-0.2, -0.15) is 0 Å². The number of carbonyl (C=O) groups excluding carboxylic acids is 2. The highest BCUT2D eigenvalue weighted by Crippen LogP contribution is 2.20. The van der Waals surface area contributed by atoms with E-state index >= 15 is 0 Å². The second-order valence-corrected chi connectivity index (χ2v) is 6.89. The Morgan fingerprint density at radius 1 is 0.967 bits per heavy atom. The van der Waals surface area contributed by atoms with E-state index in [1.807, 2.05) is 24.3 Å². The molecule has 7 nitrogen and oxygen atoms in total. The van der Waals surface area contributed by atoms with Crippen molar-refractivity contribution in [2.75, 3.05) is 44.8 Å². The number of methoxy groups -OCH3 is 1. The van der Waals surface area contributed by atoms with Crippen LogP contribution in [-0.2, 0) is 14.3 Å². The van der Waals surface area contributed by atoms with E-state index in [1.165, 1.54) is 31.2 Å². The van der Waals surface area contributed by atoms with Crippen LogP contribution in [0.4, 0.5) is 10.1 Å². The number of carbonyl (C=O) groups is 2. The van der Waals surface area contributed by atoms with Gasteiger partial charge in [0.1, 0.15) is 17.3 Å². The second-order valence-electron chi connectivity index (χ2n) is 6.89. The van der Waals surface area contributed by atoms with Crippen LogP contribution < -0.4 is 14.4 Å². The minimum atomic E-state index is -0.907. The molecule has 1 fully saturated rings. The highest BCUT2D eigenvalue weighted by molar-refractivity contribution is 5.82. The normalized spacial score (nSPS) is 14.8. The molecule has 1 saturated heterocycles. The maximum atomic E-state index is 12.9. The minimum absolute atomic E-state index is 0.244. The minimum Gasteiger partial charge on any atom is -0.497 e. The first-order valence-electron chi connectivity index (χ1n) is 9.72. The van der Waals surface area contributed by atoms with E-state index in [4.69, 9.17) is 14.2 Å². The second kappa shape index (κ2) is 9.96. The largest absolute Gasteiger partial charge is 0.497 e. The van der Waals surface area contributed by atoms with Gasteiger partial charge in [-0.3, -0.25) is 4.79 Å². The number of halogens is 1. The van der Waals surface area contributed by atoms with E-state index in [9.17, 15) is 14.0 Å². The smallest absolute Gasteiger partial charge is 0.347 e. The van der Waals surface area contributed by atoms with Gasteiger partial charge >= 0.3 is 5.97 Å². The van der Waals surface area contributed by atoms with Crippen LogP contribution in [0.5, 0.6) is 11.5 Å². The van der Waals surface area contributed by atoms with E-state index in [2.05, 4.69) is 4.90 Å². The number of anilines is 1. The van der Waals surface area contributed by atoms with Crippen molar-refractivity contribution in [2.24, 2.45) is 0 Å². The molecule has 0 aliphatic carbocycles. The Morgan fingerprint density at radius 3 is 2.17 bits per heavy atom. The number of piperazine rings is 1. The SMILES string of the molecule is COc1ccc(N2CCN(C(=O)COC(=O)[C@@H](C)Oc3ccc(F)cc3)CC2)cc1. The average Bonchev–Trinajstić information content (AvgIpc) is 2.79.